The molecule has 8 heteroatoms. The Morgan fingerprint density at radius 1 is 1.02 bits per heavy atom. The Hall–Kier alpha value is -2.09. The van der Waals surface area contributed by atoms with Gasteiger partial charge in [-0.1, -0.05) is 54.4 Å². The lowest BCUT2D eigenvalue weighted by Crippen LogP contribution is -2.62. The molecule has 3 heterocycles. The Morgan fingerprint density at radius 2 is 1.71 bits per heavy atom. The Labute approximate surface area is 259 Å². The maximum absolute atomic E-state index is 13.3. The van der Waals surface area contributed by atoms with Crippen LogP contribution < -0.4 is 4.74 Å². The van der Waals surface area contributed by atoms with E-state index < -0.39 is 0 Å². The zero-order valence-corrected chi connectivity index (χ0v) is 26.9. The lowest BCUT2D eigenvalue weighted by atomic mass is 9.86. The van der Waals surface area contributed by atoms with Gasteiger partial charge in [-0.3, -0.25) is 14.6 Å². The molecule has 2 saturated heterocycles. The van der Waals surface area contributed by atoms with Crippen molar-refractivity contribution in [3.8, 4) is 16.9 Å². The topological polar surface area (TPSA) is 36.0 Å². The summed E-state index contributed by atoms with van der Waals surface area (Å²) in [5, 5.41) is 3.25. The molecule has 0 N–H and O–H groups in total. The average molecular weight is 615 g/mol. The van der Waals surface area contributed by atoms with Crippen molar-refractivity contribution >= 4 is 40.4 Å². The lowest BCUT2D eigenvalue weighted by Gasteiger charge is -2.52. The van der Waals surface area contributed by atoms with Gasteiger partial charge in [0.25, 0.3) is 5.91 Å². The molecule has 2 atom stereocenters. The van der Waals surface area contributed by atoms with Gasteiger partial charge >= 0.3 is 0 Å². The third kappa shape index (κ3) is 6.78. The highest BCUT2D eigenvalue weighted by atomic mass is 35.5. The lowest BCUT2D eigenvalue weighted by molar-refractivity contribution is -0.0277. The van der Waals surface area contributed by atoms with E-state index in [2.05, 4.69) is 61.8 Å². The molecule has 0 bridgehead atoms. The average Bonchev–Trinajstić information content (AvgIpc) is 3.44. The van der Waals surface area contributed by atoms with Gasteiger partial charge in [-0.05, 0) is 86.4 Å². The first kappa shape index (κ1) is 30.4. The van der Waals surface area contributed by atoms with E-state index in [9.17, 15) is 4.79 Å². The molecule has 2 aromatic carbocycles. The summed E-state index contributed by atoms with van der Waals surface area (Å²) < 4.78 is 5.82. The second kappa shape index (κ2) is 13.0. The Bertz CT molecular complexity index is 1320. The number of amides is 1. The minimum Gasteiger partial charge on any atom is -0.492 e. The van der Waals surface area contributed by atoms with Crippen LogP contribution in [-0.2, 0) is 0 Å². The fraction of sp³-hybridized carbons (Fsp3) is 0.485. The van der Waals surface area contributed by atoms with Crippen molar-refractivity contribution in [2.24, 2.45) is 0 Å². The number of rotatable bonds is 8. The van der Waals surface area contributed by atoms with Crippen LogP contribution in [0.4, 0.5) is 0 Å². The number of hydrogen-bond acceptors (Lipinski definition) is 5. The van der Waals surface area contributed by atoms with Crippen LogP contribution in [0.1, 0.15) is 68.2 Å². The number of nitrogens with zero attached hydrogens (tertiary/aromatic N) is 3. The molecule has 41 heavy (non-hydrogen) atoms. The molecule has 2 fully saturated rings. The van der Waals surface area contributed by atoms with Crippen molar-refractivity contribution in [1.29, 1.82) is 0 Å². The zero-order valence-electron chi connectivity index (χ0n) is 24.5. The monoisotopic (exact) mass is 613 g/mol. The summed E-state index contributed by atoms with van der Waals surface area (Å²) >= 11 is 13.9. The predicted molar refractivity (Wildman–Crippen MR) is 172 cm³/mol. The fourth-order valence-electron chi connectivity index (χ4n) is 6.33. The van der Waals surface area contributed by atoms with Crippen molar-refractivity contribution in [2.45, 2.75) is 64.6 Å². The van der Waals surface area contributed by atoms with Crippen LogP contribution in [0.2, 0.25) is 10.0 Å². The smallest absolute Gasteiger partial charge is 0.267 e. The minimum atomic E-state index is 0.108. The van der Waals surface area contributed by atoms with Crippen molar-refractivity contribution in [1.82, 2.24) is 14.7 Å². The van der Waals surface area contributed by atoms with E-state index in [0.717, 1.165) is 73.7 Å². The normalized spacial score (nSPS) is 20.6. The third-order valence-corrected chi connectivity index (χ3v) is 10.3. The van der Waals surface area contributed by atoms with Crippen LogP contribution in [0.5, 0.6) is 5.75 Å². The van der Waals surface area contributed by atoms with Crippen molar-refractivity contribution in [3.05, 3.63) is 74.4 Å². The van der Waals surface area contributed by atoms with Gasteiger partial charge in [0.05, 0.1) is 6.61 Å². The van der Waals surface area contributed by atoms with E-state index in [1.54, 1.807) is 6.07 Å². The molecular formula is C33H41Cl2N3O2S. The number of ether oxygens (including phenoxy) is 1. The Balaban J connectivity index is 1.17. The summed E-state index contributed by atoms with van der Waals surface area (Å²) in [5.74, 6) is 0.849. The highest BCUT2D eigenvalue weighted by Crippen LogP contribution is 2.35. The molecule has 0 saturated carbocycles. The first-order chi connectivity index (χ1) is 19.7. The summed E-state index contributed by atoms with van der Waals surface area (Å²) in [7, 11) is 0. The SMILES string of the molecule is CCCOc1ccsc1C(=O)N1CCC(C)(N2CCN([C@@H](C)c3ccc(-c4cc(Cl)cc(Cl)c4)cc3)[C@H](C)C2)CC1. The second-order valence-corrected chi connectivity index (χ2v) is 13.5. The quantitative estimate of drug-likeness (QED) is 0.256. The van der Waals surface area contributed by atoms with Gasteiger partial charge in [0.1, 0.15) is 10.6 Å². The number of piperazine rings is 1. The molecule has 0 radical (unpaired) electrons. The number of piperidine rings is 1. The summed E-state index contributed by atoms with van der Waals surface area (Å²) in [6.07, 6.45) is 2.92. The number of thiophene rings is 1. The number of hydrogen-bond donors (Lipinski definition) is 0. The second-order valence-electron chi connectivity index (χ2n) is 11.7. The maximum atomic E-state index is 13.3. The van der Waals surface area contributed by atoms with Crippen LogP contribution in [-0.4, -0.2) is 71.5 Å². The maximum Gasteiger partial charge on any atom is 0.267 e. The van der Waals surface area contributed by atoms with E-state index in [-0.39, 0.29) is 11.4 Å². The number of carbonyl (C=O) groups excluding carboxylic acids is 1. The zero-order chi connectivity index (χ0) is 29.1. The van der Waals surface area contributed by atoms with Gasteiger partial charge in [-0.15, -0.1) is 11.3 Å². The summed E-state index contributed by atoms with van der Waals surface area (Å²) in [5.41, 5.74) is 3.57. The number of likely N-dealkylation sites (tertiary alicyclic amines) is 1. The van der Waals surface area contributed by atoms with E-state index in [4.69, 9.17) is 27.9 Å². The molecule has 1 aromatic heterocycles. The molecule has 0 spiro atoms. The van der Waals surface area contributed by atoms with Gasteiger partial charge in [0, 0.05) is 60.4 Å². The van der Waals surface area contributed by atoms with E-state index in [1.165, 1.54) is 16.9 Å². The number of halogens is 2. The summed E-state index contributed by atoms with van der Waals surface area (Å²) in [6, 6.07) is 17.1. The molecule has 0 unspecified atom stereocenters. The van der Waals surface area contributed by atoms with Gasteiger partial charge in [-0.2, -0.15) is 0 Å². The number of benzene rings is 2. The minimum absolute atomic E-state index is 0.108. The van der Waals surface area contributed by atoms with Gasteiger partial charge in [0.2, 0.25) is 0 Å². The molecule has 3 aromatic rings. The van der Waals surface area contributed by atoms with Crippen molar-refractivity contribution < 1.29 is 9.53 Å². The number of carbonyl (C=O) groups is 1. The van der Waals surface area contributed by atoms with E-state index in [0.29, 0.717) is 28.7 Å². The van der Waals surface area contributed by atoms with Crippen LogP contribution >= 0.6 is 34.5 Å². The van der Waals surface area contributed by atoms with E-state index >= 15 is 0 Å². The molecule has 220 valence electrons. The predicted octanol–water partition coefficient (Wildman–Crippen LogP) is 8.27. The first-order valence-electron chi connectivity index (χ1n) is 14.8. The van der Waals surface area contributed by atoms with E-state index in [1.807, 2.05) is 28.5 Å². The van der Waals surface area contributed by atoms with Crippen LogP contribution in [0.15, 0.2) is 53.9 Å². The highest BCUT2D eigenvalue weighted by Gasteiger charge is 2.41. The molecule has 0 aliphatic carbocycles. The standard InChI is InChI=1S/C33H41Cl2N3O2S/c1-5-17-40-30-10-18-41-31(30)32(39)36-13-11-33(4,12-14-36)37-15-16-38(23(2)22-37)24(3)25-6-8-26(9-7-25)27-19-28(34)21-29(35)20-27/h6-10,18-21,23-24H,5,11-17,22H2,1-4H3/t23-,24+/m1/s1. The van der Waals surface area contributed by atoms with Crippen molar-refractivity contribution in [2.75, 3.05) is 39.3 Å². The molecule has 5 rings (SSSR count). The molecular weight excluding hydrogens is 573 g/mol. The highest BCUT2D eigenvalue weighted by molar-refractivity contribution is 7.12. The first-order valence-corrected chi connectivity index (χ1v) is 16.4. The molecule has 1 amide bonds. The molecule has 5 nitrogen and oxygen atoms in total. The Kier molecular flexibility index (Phi) is 9.67. The summed E-state index contributed by atoms with van der Waals surface area (Å²) in [6.45, 7) is 14.5. The largest absolute Gasteiger partial charge is 0.492 e. The molecule has 2 aliphatic rings. The third-order valence-electron chi connectivity index (χ3n) is 8.94. The van der Waals surface area contributed by atoms with Gasteiger partial charge in [-0.25, -0.2) is 0 Å². The Morgan fingerprint density at radius 3 is 2.34 bits per heavy atom. The van der Waals surface area contributed by atoms with Gasteiger partial charge in [0.15, 0.2) is 0 Å². The van der Waals surface area contributed by atoms with Crippen LogP contribution in [0.25, 0.3) is 11.1 Å². The molecule has 2 aliphatic heterocycles. The summed E-state index contributed by atoms with van der Waals surface area (Å²) in [4.78, 5) is 21.4. The van der Waals surface area contributed by atoms with Crippen LogP contribution in [0.3, 0.4) is 0 Å². The van der Waals surface area contributed by atoms with Crippen LogP contribution in [0, 0.1) is 0 Å². The van der Waals surface area contributed by atoms with Gasteiger partial charge < -0.3 is 9.64 Å². The van der Waals surface area contributed by atoms with Crippen molar-refractivity contribution in [3.63, 3.8) is 0 Å². The fourth-order valence-corrected chi connectivity index (χ4v) is 7.66.